The minimum Gasteiger partial charge on any atom is -0.462 e. The molecule has 0 aromatic rings. The molecule has 0 aromatic carbocycles. The smallest absolute Gasteiger partial charge is 0.462 e. The van der Waals surface area contributed by atoms with Crippen LogP contribution in [-0.2, 0) is 42.2 Å². The number of aliphatic hydroxyl groups excluding tert-OH is 1. The summed E-state index contributed by atoms with van der Waals surface area (Å²) >= 11 is 0. The fraction of sp³-hybridized carbons (Fsp3) is 0.632. The van der Waals surface area contributed by atoms with Gasteiger partial charge in [-0.25, -0.2) is 4.57 Å². The van der Waals surface area contributed by atoms with Crippen LogP contribution in [0.15, 0.2) is 134 Å². The van der Waals surface area contributed by atoms with Crippen molar-refractivity contribution in [1.82, 2.24) is 0 Å². The first-order valence-corrected chi connectivity index (χ1v) is 32.6. The van der Waals surface area contributed by atoms with E-state index in [1.165, 1.54) is 57.8 Å². The Kier molecular flexibility index (Phi) is 57.4. The Labute approximate surface area is 487 Å². The number of hydrogen-bond donors (Lipinski definition) is 2. The van der Waals surface area contributed by atoms with Crippen LogP contribution in [0.5, 0.6) is 0 Å². The third-order valence-corrected chi connectivity index (χ3v) is 13.5. The van der Waals surface area contributed by atoms with Crippen molar-refractivity contribution in [2.75, 3.05) is 26.4 Å². The molecule has 0 spiro atoms. The number of hydrogen-bond acceptors (Lipinski definition) is 10. The van der Waals surface area contributed by atoms with Crippen molar-refractivity contribution in [3.63, 3.8) is 0 Å². The molecule has 0 fully saturated rings. The van der Waals surface area contributed by atoms with E-state index in [0.29, 0.717) is 19.3 Å². The van der Waals surface area contributed by atoms with Gasteiger partial charge in [0.15, 0.2) is 6.10 Å². The second kappa shape index (κ2) is 60.7. The molecule has 0 aliphatic carbocycles. The Morgan fingerprint density at radius 3 is 1.04 bits per heavy atom. The first-order valence-electron chi connectivity index (χ1n) is 31.1. The first kappa shape index (κ1) is 75.6. The summed E-state index contributed by atoms with van der Waals surface area (Å²) in [6.07, 6.45) is 76.9. The van der Waals surface area contributed by atoms with Crippen molar-refractivity contribution in [2.45, 2.75) is 251 Å². The number of allylic oxidation sites excluding steroid dienone is 22. The van der Waals surface area contributed by atoms with E-state index in [4.69, 9.17) is 23.3 Å². The predicted molar refractivity (Wildman–Crippen MR) is 334 cm³/mol. The second-order valence-corrected chi connectivity index (χ2v) is 21.6. The lowest BCUT2D eigenvalue weighted by Gasteiger charge is -2.21. The molecule has 0 radical (unpaired) electrons. The zero-order chi connectivity index (χ0) is 58.3. The monoisotopic (exact) mass is 1130 g/mol. The SMILES string of the molecule is CC/C=C\C/C=C\C/C=C\C/C=C\C/C=C\CCCCCC(=O)OC(COC(=O)CCCCCCCCCCC/C=C\C/C=C\CCCCC)COP(=O)(O)OCC(CO)OC(=O)CCCC/C=C\C/C=C\C/C=C\C/C=C\CC. The molecule has 3 atom stereocenters. The largest absolute Gasteiger partial charge is 0.472 e. The second-order valence-electron chi connectivity index (χ2n) is 20.1. The van der Waals surface area contributed by atoms with Crippen molar-refractivity contribution in [1.29, 1.82) is 0 Å². The molecule has 3 unspecified atom stereocenters. The van der Waals surface area contributed by atoms with Gasteiger partial charge in [0, 0.05) is 19.3 Å². The van der Waals surface area contributed by atoms with E-state index in [1.807, 2.05) is 0 Å². The maximum absolute atomic E-state index is 12.9. The Morgan fingerprint density at radius 1 is 0.362 bits per heavy atom. The van der Waals surface area contributed by atoms with Crippen molar-refractivity contribution in [2.24, 2.45) is 0 Å². The number of rotatable bonds is 56. The number of carbonyl (C=O) groups excluding carboxylic acids is 3. The fourth-order valence-electron chi connectivity index (χ4n) is 7.87. The molecule has 0 saturated heterocycles. The van der Waals surface area contributed by atoms with Gasteiger partial charge in [0.25, 0.3) is 0 Å². The molecule has 0 rings (SSSR count). The number of aliphatic hydroxyl groups is 1. The third kappa shape index (κ3) is 58.3. The minimum absolute atomic E-state index is 0.115. The van der Waals surface area contributed by atoms with E-state index in [-0.39, 0.29) is 25.9 Å². The van der Waals surface area contributed by atoms with Gasteiger partial charge in [-0.05, 0) is 135 Å². The van der Waals surface area contributed by atoms with E-state index in [0.717, 1.165) is 122 Å². The van der Waals surface area contributed by atoms with Crippen molar-refractivity contribution in [3.05, 3.63) is 134 Å². The van der Waals surface area contributed by atoms with Crippen LogP contribution in [0.4, 0.5) is 0 Å². The highest BCUT2D eigenvalue weighted by molar-refractivity contribution is 7.47. The van der Waals surface area contributed by atoms with Gasteiger partial charge in [-0.1, -0.05) is 219 Å². The lowest BCUT2D eigenvalue weighted by atomic mass is 10.1. The number of phosphoric ester groups is 1. The zero-order valence-electron chi connectivity index (χ0n) is 50.2. The van der Waals surface area contributed by atoms with Crippen LogP contribution in [0.2, 0.25) is 0 Å². The predicted octanol–water partition coefficient (Wildman–Crippen LogP) is 18.9. The van der Waals surface area contributed by atoms with Gasteiger partial charge in [0.2, 0.25) is 0 Å². The molecule has 11 nitrogen and oxygen atoms in total. The van der Waals surface area contributed by atoms with Gasteiger partial charge in [0.1, 0.15) is 12.7 Å². The van der Waals surface area contributed by atoms with E-state index < -0.39 is 57.8 Å². The summed E-state index contributed by atoms with van der Waals surface area (Å²) in [7, 11) is -4.78. The van der Waals surface area contributed by atoms with Crippen LogP contribution in [0.25, 0.3) is 0 Å². The maximum atomic E-state index is 12.9. The summed E-state index contributed by atoms with van der Waals surface area (Å²) in [4.78, 5) is 48.7. The average molecular weight is 1140 g/mol. The molecule has 454 valence electrons. The van der Waals surface area contributed by atoms with Crippen LogP contribution in [-0.4, -0.2) is 66.5 Å². The number of esters is 3. The van der Waals surface area contributed by atoms with Gasteiger partial charge in [-0.3, -0.25) is 23.4 Å². The van der Waals surface area contributed by atoms with Crippen molar-refractivity contribution in [3.8, 4) is 0 Å². The van der Waals surface area contributed by atoms with Gasteiger partial charge in [-0.2, -0.15) is 0 Å². The first-order chi connectivity index (χ1) is 39.2. The standard InChI is InChI=1S/C68H111O11P/c1-4-7-10-13-16-19-22-25-28-30-32-34-37-39-42-45-48-51-54-57-66(70)75-61-65(79-68(72)59-56-53-50-47-44-41-38-35-33-31-29-26-23-20-17-14-11-8-5-2)63-77-80(73,74)76-62-64(60-69)78-67(71)58-55-52-49-46-43-40-36-27-24-21-18-15-12-9-6-3/h8-9,11-12,16-21,25-29,33,35-36,41,43-44,46,64-65,69H,4-7,10,13-15,22-24,30-32,34,37-40,42,45,47-63H2,1-3H3,(H,73,74)/b11-8-,12-9-,19-16-,20-17-,21-18-,28-25-,29-26-,35-33-,36-27-,44-41-,46-43-. The summed E-state index contributed by atoms with van der Waals surface area (Å²) < 4.78 is 39.6. The van der Waals surface area contributed by atoms with Crippen LogP contribution < -0.4 is 0 Å². The molecule has 0 amide bonds. The topological polar surface area (TPSA) is 155 Å². The molecule has 0 saturated carbocycles. The molecule has 80 heavy (non-hydrogen) atoms. The number of phosphoric acid groups is 1. The molecular weight excluding hydrogens is 1020 g/mol. The summed E-state index contributed by atoms with van der Waals surface area (Å²) in [5.41, 5.74) is 0. The summed E-state index contributed by atoms with van der Waals surface area (Å²) in [6.45, 7) is 4.30. The summed E-state index contributed by atoms with van der Waals surface area (Å²) in [5.74, 6) is -1.56. The normalized spacial score (nSPS) is 14.2. The van der Waals surface area contributed by atoms with E-state index >= 15 is 0 Å². The van der Waals surface area contributed by atoms with Crippen LogP contribution in [0, 0.1) is 0 Å². The molecule has 0 aliphatic heterocycles. The zero-order valence-corrected chi connectivity index (χ0v) is 51.1. The summed E-state index contributed by atoms with van der Waals surface area (Å²) in [6, 6.07) is 0. The maximum Gasteiger partial charge on any atom is 0.472 e. The van der Waals surface area contributed by atoms with E-state index in [9.17, 15) is 28.9 Å². The Hall–Kier alpha value is -4.38. The minimum atomic E-state index is -4.78. The average Bonchev–Trinajstić information content (AvgIpc) is 3.45. The lowest BCUT2D eigenvalue weighted by Crippen LogP contribution is -2.30. The van der Waals surface area contributed by atoms with Crippen LogP contribution >= 0.6 is 7.82 Å². The number of ether oxygens (including phenoxy) is 3. The summed E-state index contributed by atoms with van der Waals surface area (Å²) in [5, 5.41) is 9.83. The van der Waals surface area contributed by atoms with Gasteiger partial charge >= 0.3 is 25.7 Å². The van der Waals surface area contributed by atoms with Crippen molar-refractivity contribution >= 4 is 25.7 Å². The molecule has 0 aliphatic rings. The van der Waals surface area contributed by atoms with Crippen LogP contribution in [0.3, 0.4) is 0 Å². The highest BCUT2D eigenvalue weighted by atomic mass is 31.2. The number of carbonyl (C=O) groups is 3. The van der Waals surface area contributed by atoms with Gasteiger partial charge < -0.3 is 24.2 Å². The lowest BCUT2D eigenvalue weighted by molar-refractivity contribution is -0.161. The Balaban J connectivity index is 4.84. The van der Waals surface area contributed by atoms with Crippen molar-refractivity contribution < 1.29 is 52.2 Å². The highest BCUT2D eigenvalue weighted by Gasteiger charge is 2.28. The van der Waals surface area contributed by atoms with Crippen LogP contribution in [0.1, 0.15) is 239 Å². The molecule has 0 bridgehead atoms. The third-order valence-electron chi connectivity index (χ3n) is 12.5. The van der Waals surface area contributed by atoms with E-state index in [1.54, 1.807) is 0 Å². The van der Waals surface area contributed by atoms with Gasteiger partial charge in [0.05, 0.1) is 19.8 Å². The quantitative estimate of drug-likeness (QED) is 0.0197. The van der Waals surface area contributed by atoms with Gasteiger partial charge in [-0.15, -0.1) is 0 Å². The Morgan fingerprint density at radius 2 is 0.650 bits per heavy atom. The molecule has 0 aromatic heterocycles. The molecule has 0 heterocycles. The molecule has 2 N–H and O–H groups in total. The van der Waals surface area contributed by atoms with E-state index in [2.05, 4.69) is 154 Å². The highest BCUT2D eigenvalue weighted by Crippen LogP contribution is 2.43. The molecule has 12 heteroatoms. The number of unbranched alkanes of at least 4 members (excludes halogenated alkanes) is 17. The fourth-order valence-corrected chi connectivity index (χ4v) is 8.66. The Bertz CT molecular complexity index is 1850. The molecular formula is C68H111O11P.